The summed E-state index contributed by atoms with van der Waals surface area (Å²) < 4.78 is 0. The van der Waals surface area contributed by atoms with Gasteiger partial charge in [0.05, 0.1) is 0 Å². The topological polar surface area (TPSA) is 58.4 Å². The first kappa shape index (κ1) is 14.8. The van der Waals surface area contributed by atoms with Gasteiger partial charge in [0.2, 0.25) is 5.91 Å². The summed E-state index contributed by atoms with van der Waals surface area (Å²) >= 11 is 0. The van der Waals surface area contributed by atoms with Gasteiger partial charge in [0, 0.05) is 6.54 Å². The minimum atomic E-state index is -0.500. The molecule has 2 rings (SSSR count). The van der Waals surface area contributed by atoms with Gasteiger partial charge in [0.1, 0.15) is 5.54 Å². The van der Waals surface area contributed by atoms with Gasteiger partial charge in [-0.15, -0.1) is 0 Å². The Hall–Kier alpha value is -0.610. The molecule has 0 radical (unpaired) electrons. The highest BCUT2D eigenvalue weighted by molar-refractivity contribution is 5.86. The van der Waals surface area contributed by atoms with Crippen LogP contribution in [0.1, 0.15) is 46.0 Å². The SMILES string of the molecule is CCC1(C)CCN(CC(NC)(C(N)=O)C2CC2)CC1. The average Bonchev–Trinajstić information content (AvgIpc) is 3.23. The van der Waals surface area contributed by atoms with Gasteiger partial charge in [-0.1, -0.05) is 20.3 Å². The van der Waals surface area contributed by atoms with Crippen molar-refractivity contribution in [3.05, 3.63) is 0 Å². The molecule has 1 saturated carbocycles. The van der Waals surface area contributed by atoms with Crippen molar-refractivity contribution in [2.45, 2.75) is 51.5 Å². The van der Waals surface area contributed by atoms with Crippen LogP contribution < -0.4 is 11.1 Å². The summed E-state index contributed by atoms with van der Waals surface area (Å²) in [7, 11) is 1.88. The van der Waals surface area contributed by atoms with Crippen molar-refractivity contribution in [1.29, 1.82) is 0 Å². The molecule has 0 aromatic carbocycles. The number of amides is 1. The van der Waals surface area contributed by atoms with Gasteiger partial charge in [0.15, 0.2) is 0 Å². The quantitative estimate of drug-likeness (QED) is 0.764. The number of carbonyl (C=O) groups excluding carboxylic acids is 1. The van der Waals surface area contributed by atoms with Crippen LogP contribution in [-0.2, 0) is 4.79 Å². The number of likely N-dealkylation sites (N-methyl/N-ethyl adjacent to an activating group) is 1. The molecule has 1 aliphatic heterocycles. The molecular weight excluding hydrogens is 238 g/mol. The van der Waals surface area contributed by atoms with Crippen molar-refractivity contribution in [3.63, 3.8) is 0 Å². The van der Waals surface area contributed by atoms with Crippen LogP contribution in [0.5, 0.6) is 0 Å². The maximum atomic E-state index is 11.9. The summed E-state index contributed by atoms with van der Waals surface area (Å²) in [6.45, 7) is 7.62. The summed E-state index contributed by atoms with van der Waals surface area (Å²) in [5.74, 6) is 0.260. The summed E-state index contributed by atoms with van der Waals surface area (Å²) in [5.41, 5.74) is 5.68. The maximum Gasteiger partial charge on any atom is 0.239 e. The van der Waals surface area contributed by atoms with E-state index in [1.54, 1.807) is 0 Å². The lowest BCUT2D eigenvalue weighted by atomic mass is 9.77. The molecule has 110 valence electrons. The molecule has 0 aromatic rings. The monoisotopic (exact) mass is 267 g/mol. The van der Waals surface area contributed by atoms with Crippen LogP contribution in [0.15, 0.2) is 0 Å². The molecule has 1 unspecified atom stereocenters. The molecule has 4 heteroatoms. The summed E-state index contributed by atoms with van der Waals surface area (Å²) in [4.78, 5) is 14.4. The number of piperidine rings is 1. The molecule has 2 aliphatic rings. The van der Waals surface area contributed by atoms with Gasteiger partial charge < -0.3 is 16.0 Å². The van der Waals surface area contributed by atoms with E-state index < -0.39 is 5.54 Å². The molecule has 1 heterocycles. The zero-order chi connectivity index (χ0) is 14.1. The predicted molar refractivity (Wildman–Crippen MR) is 77.8 cm³/mol. The number of nitrogens with zero attached hydrogens (tertiary/aromatic N) is 1. The largest absolute Gasteiger partial charge is 0.368 e. The number of nitrogens with one attached hydrogen (secondary N) is 1. The molecule has 0 aromatic heterocycles. The first-order valence-corrected chi connectivity index (χ1v) is 7.67. The van der Waals surface area contributed by atoms with E-state index in [0.717, 1.165) is 32.5 Å². The van der Waals surface area contributed by atoms with Crippen molar-refractivity contribution in [2.75, 3.05) is 26.7 Å². The average molecular weight is 267 g/mol. The highest BCUT2D eigenvalue weighted by atomic mass is 16.1. The molecule has 0 spiro atoms. The fraction of sp³-hybridized carbons (Fsp3) is 0.933. The zero-order valence-electron chi connectivity index (χ0n) is 12.7. The van der Waals surface area contributed by atoms with Crippen LogP contribution >= 0.6 is 0 Å². The Morgan fingerprint density at radius 1 is 1.42 bits per heavy atom. The molecule has 1 aliphatic carbocycles. The smallest absolute Gasteiger partial charge is 0.239 e. The lowest BCUT2D eigenvalue weighted by Crippen LogP contribution is -2.63. The minimum Gasteiger partial charge on any atom is -0.368 e. The second-order valence-corrected chi connectivity index (χ2v) is 6.80. The van der Waals surface area contributed by atoms with Crippen molar-refractivity contribution in [2.24, 2.45) is 17.1 Å². The second kappa shape index (κ2) is 5.41. The third-order valence-electron chi connectivity index (χ3n) is 5.55. The summed E-state index contributed by atoms with van der Waals surface area (Å²) in [6.07, 6.45) is 5.96. The van der Waals surface area contributed by atoms with Crippen LogP contribution in [-0.4, -0.2) is 43.0 Å². The van der Waals surface area contributed by atoms with Crippen LogP contribution in [0.25, 0.3) is 0 Å². The predicted octanol–water partition coefficient (Wildman–Crippen LogP) is 1.35. The normalized spacial score (nSPS) is 26.9. The summed E-state index contributed by atoms with van der Waals surface area (Å²) in [6, 6.07) is 0. The molecule has 4 nitrogen and oxygen atoms in total. The molecule has 1 saturated heterocycles. The third kappa shape index (κ3) is 2.95. The Balaban J connectivity index is 1.98. The Bertz CT molecular complexity index is 332. The van der Waals surface area contributed by atoms with E-state index in [0.29, 0.717) is 11.3 Å². The van der Waals surface area contributed by atoms with Crippen molar-refractivity contribution in [3.8, 4) is 0 Å². The number of hydrogen-bond acceptors (Lipinski definition) is 3. The number of primary amides is 1. The lowest BCUT2D eigenvalue weighted by molar-refractivity contribution is -0.126. The fourth-order valence-electron chi connectivity index (χ4n) is 3.35. The standard InChI is InChI=1S/C15H29N3O/c1-4-14(2)7-9-18(10-8-14)11-15(17-3,13(16)19)12-5-6-12/h12,17H,4-11H2,1-3H3,(H2,16,19). The maximum absolute atomic E-state index is 11.9. The van der Waals surface area contributed by atoms with E-state index >= 15 is 0 Å². The van der Waals surface area contributed by atoms with E-state index in [9.17, 15) is 4.79 Å². The van der Waals surface area contributed by atoms with E-state index in [-0.39, 0.29) is 5.91 Å². The minimum absolute atomic E-state index is 0.179. The van der Waals surface area contributed by atoms with Gasteiger partial charge in [0.25, 0.3) is 0 Å². The molecule has 19 heavy (non-hydrogen) atoms. The number of carbonyl (C=O) groups is 1. The van der Waals surface area contributed by atoms with Gasteiger partial charge >= 0.3 is 0 Å². The molecule has 0 bridgehead atoms. The van der Waals surface area contributed by atoms with Crippen LogP contribution in [0, 0.1) is 11.3 Å². The third-order valence-corrected chi connectivity index (χ3v) is 5.55. The van der Waals surface area contributed by atoms with E-state index in [4.69, 9.17) is 5.73 Å². The molecule has 2 fully saturated rings. The Kier molecular flexibility index (Phi) is 4.21. The number of likely N-dealkylation sites (tertiary alicyclic amines) is 1. The highest BCUT2D eigenvalue weighted by Gasteiger charge is 2.50. The number of nitrogens with two attached hydrogens (primary N) is 1. The Labute approximate surface area is 117 Å². The first-order valence-electron chi connectivity index (χ1n) is 7.67. The lowest BCUT2D eigenvalue weighted by Gasteiger charge is -2.43. The van der Waals surface area contributed by atoms with Crippen molar-refractivity contribution < 1.29 is 4.79 Å². The highest BCUT2D eigenvalue weighted by Crippen LogP contribution is 2.41. The molecule has 3 N–H and O–H groups in total. The van der Waals surface area contributed by atoms with Gasteiger partial charge in [-0.25, -0.2) is 0 Å². The summed E-state index contributed by atoms with van der Waals surface area (Å²) in [5, 5.41) is 3.24. The van der Waals surface area contributed by atoms with Crippen LogP contribution in [0.3, 0.4) is 0 Å². The van der Waals surface area contributed by atoms with E-state index in [1.807, 2.05) is 7.05 Å². The Morgan fingerprint density at radius 3 is 2.37 bits per heavy atom. The molecule has 1 atom stereocenters. The molecule has 1 amide bonds. The van der Waals surface area contributed by atoms with Crippen LogP contribution in [0.4, 0.5) is 0 Å². The number of hydrogen-bond donors (Lipinski definition) is 2. The molecular formula is C15H29N3O. The van der Waals surface area contributed by atoms with Crippen LogP contribution in [0.2, 0.25) is 0 Å². The van der Waals surface area contributed by atoms with Gasteiger partial charge in [-0.05, 0) is 57.2 Å². The van der Waals surface area contributed by atoms with Crippen molar-refractivity contribution >= 4 is 5.91 Å². The second-order valence-electron chi connectivity index (χ2n) is 6.80. The van der Waals surface area contributed by atoms with Gasteiger partial charge in [-0.3, -0.25) is 4.79 Å². The fourth-order valence-corrected chi connectivity index (χ4v) is 3.35. The van der Waals surface area contributed by atoms with E-state index in [1.165, 1.54) is 19.3 Å². The Morgan fingerprint density at radius 2 is 2.00 bits per heavy atom. The van der Waals surface area contributed by atoms with E-state index in [2.05, 4.69) is 24.1 Å². The van der Waals surface area contributed by atoms with Crippen molar-refractivity contribution in [1.82, 2.24) is 10.2 Å². The first-order chi connectivity index (χ1) is 8.96. The zero-order valence-corrected chi connectivity index (χ0v) is 12.7. The van der Waals surface area contributed by atoms with Gasteiger partial charge in [-0.2, -0.15) is 0 Å². The number of rotatable bonds is 6.